The van der Waals surface area contributed by atoms with E-state index in [-0.39, 0.29) is 11.4 Å². The zero-order chi connectivity index (χ0) is 17.4. The molecule has 2 aromatic carbocycles. The summed E-state index contributed by atoms with van der Waals surface area (Å²) in [5.74, 6) is -0.323. The number of aromatic carboxylic acids is 1. The van der Waals surface area contributed by atoms with Gasteiger partial charge < -0.3 is 10.4 Å². The lowest BCUT2D eigenvalue weighted by molar-refractivity contribution is 0.0697. The maximum Gasteiger partial charge on any atom is 0.335 e. The molecule has 2 heterocycles. The van der Waals surface area contributed by atoms with Crippen molar-refractivity contribution >= 4 is 11.8 Å². The van der Waals surface area contributed by atoms with E-state index in [0.29, 0.717) is 12.1 Å². The van der Waals surface area contributed by atoms with Crippen molar-refractivity contribution in [3.05, 3.63) is 76.7 Å². The van der Waals surface area contributed by atoms with Gasteiger partial charge in [-0.15, -0.1) is 0 Å². The first-order valence-corrected chi connectivity index (χ1v) is 8.04. The van der Waals surface area contributed by atoms with E-state index in [4.69, 9.17) is 0 Å². The van der Waals surface area contributed by atoms with Crippen LogP contribution in [-0.2, 0) is 12.8 Å². The van der Waals surface area contributed by atoms with Crippen LogP contribution >= 0.6 is 0 Å². The van der Waals surface area contributed by atoms with Gasteiger partial charge in [0.05, 0.1) is 16.9 Å². The molecule has 1 aliphatic rings. The highest BCUT2D eigenvalue weighted by Crippen LogP contribution is 2.30. The summed E-state index contributed by atoms with van der Waals surface area (Å²) in [7, 11) is 0. The first-order valence-electron chi connectivity index (χ1n) is 8.04. The predicted molar refractivity (Wildman–Crippen MR) is 91.9 cm³/mol. The number of fused-ring (bicyclic) bond motifs is 1. The number of rotatable bonds is 4. The molecule has 0 fully saturated rings. The fourth-order valence-corrected chi connectivity index (χ4v) is 3.14. The first kappa shape index (κ1) is 15.4. The SMILES string of the molecule is O=C(O)c1cccc(-n2nc(Cc3ccc(F)cc3)c3c2NCC3)c1. The van der Waals surface area contributed by atoms with Gasteiger partial charge in [0.1, 0.15) is 11.6 Å². The van der Waals surface area contributed by atoms with Crippen LogP contribution in [0, 0.1) is 5.82 Å². The number of carbonyl (C=O) groups is 1. The van der Waals surface area contributed by atoms with E-state index < -0.39 is 5.97 Å². The predicted octanol–water partition coefficient (Wildman–Crippen LogP) is 3.27. The molecule has 0 amide bonds. The average molecular weight is 337 g/mol. The lowest BCUT2D eigenvalue weighted by Gasteiger charge is -2.07. The largest absolute Gasteiger partial charge is 0.478 e. The minimum Gasteiger partial charge on any atom is -0.478 e. The van der Waals surface area contributed by atoms with Crippen LogP contribution in [0.25, 0.3) is 5.69 Å². The maximum atomic E-state index is 13.1. The zero-order valence-electron chi connectivity index (χ0n) is 13.4. The number of carboxylic acids is 1. The van der Waals surface area contributed by atoms with Gasteiger partial charge in [-0.3, -0.25) is 0 Å². The Morgan fingerprint density at radius 2 is 2.04 bits per heavy atom. The molecular formula is C19H16FN3O2. The van der Waals surface area contributed by atoms with Crippen LogP contribution in [0.3, 0.4) is 0 Å². The molecule has 0 bridgehead atoms. The van der Waals surface area contributed by atoms with Crippen molar-refractivity contribution in [3.8, 4) is 5.69 Å². The standard InChI is InChI=1S/C19H16FN3O2/c20-14-6-4-12(5-7-14)10-17-16-8-9-21-18(16)23(22-17)15-3-1-2-13(11-15)19(24)25/h1-7,11,21H,8-10H2,(H,24,25). The lowest BCUT2D eigenvalue weighted by Crippen LogP contribution is -2.06. The summed E-state index contributed by atoms with van der Waals surface area (Å²) in [6, 6.07) is 13.1. The van der Waals surface area contributed by atoms with Gasteiger partial charge in [-0.1, -0.05) is 18.2 Å². The molecule has 0 unspecified atom stereocenters. The molecule has 0 spiro atoms. The normalized spacial score (nSPS) is 12.7. The van der Waals surface area contributed by atoms with Crippen LogP contribution in [0.5, 0.6) is 0 Å². The van der Waals surface area contributed by atoms with Gasteiger partial charge in [-0.05, 0) is 42.3 Å². The van der Waals surface area contributed by atoms with Gasteiger partial charge in [0.2, 0.25) is 0 Å². The van der Waals surface area contributed by atoms with E-state index in [0.717, 1.165) is 35.6 Å². The van der Waals surface area contributed by atoms with Gasteiger partial charge in [-0.25, -0.2) is 13.9 Å². The molecule has 6 heteroatoms. The van der Waals surface area contributed by atoms with Gasteiger partial charge in [0.25, 0.3) is 0 Å². The average Bonchev–Trinajstić information content (AvgIpc) is 3.21. The Labute approximate surface area is 143 Å². The van der Waals surface area contributed by atoms with Crippen molar-refractivity contribution in [2.45, 2.75) is 12.8 Å². The maximum absolute atomic E-state index is 13.1. The number of aromatic nitrogens is 2. The van der Waals surface area contributed by atoms with Crippen LogP contribution in [0.2, 0.25) is 0 Å². The second kappa shape index (κ2) is 6.05. The Kier molecular flexibility index (Phi) is 3.72. The molecule has 0 saturated heterocycles. The number of benzene rings is 2. The van der Waals surface area contributed by atoms with E-state index in [1.165, 1.54) is 12.1 Å². The van der Waals surface area contributed by atoms with E-state index in [2.05, 4.69) is 10.4 Å². The highest BCUT2D eigenvalue weighted by molar-refractivity contribution is 5.88. The summed E-state index contributed by atoms with van der Waals surface area (Å²) < 4.78 is 14.9. The van der Waals surface area contributed by atoms with Crippen molar-refractivity contribution in [1.82, 2.24) is 9.78 Å². The van der Waals surface area contributed by atoms with Crippen molar-refractivity contribution in [3.63, 3.8) is 0 Å². The van der Waals surface area contributed by atoms with Gasteiger partial charge >= 0.3 is 5.97 Å². The van der Waals surface area contributed by atoms with Crippen molar-refractivity contribution in [2.24, 2.45) is 0 Å². The second-order valence-corrected chi connectivity index (χ2v) is 6.02. The molecule has 4 rings (SSSR count). The summed E-state index contributed by atoms with van der Waals surface area (Å²) in [5.41, 5.74) is 3.97. The topological polar surface area (TPSA) is 67.1 Å². The Bertz CT molecular complexity index is 948. The van der Waals surface area contributed by atoms with Crippen LogP contribution in [-0.4, -0.2) is 27.4 Å². The molecule has 5 nitrogen and oxygen atoms in total. The summed E-state index contributed by atoms with van der Waals surface area (Å²) >= 11 is 0. The number of nitrogens with one attached hydrogen (secondary N) is 1. The van der Waals surface area contributed by atoms with Crippen molar-refractivity contribution in [1.29, 1.82) is 0 Å². The highest BCUT2D eigenvalue weighted by atomic mass is 19.1. The van der Waals surface area contributed by atoms with Gasteiger partial charge in [0.15, 0.2) is 0 Å². The zero-order valence-corrected chi connectivity index (χ0v) is 13.4. The second-order valence-electron chi connectivity index (χ2n) is 6.02. The van der Waals surface area contributed by atoms with Gasteiger partial charge in [0, 0.05) is 18.5 Å². The van der Waals surface area contributed by atoms with Crippen molar-refractivity contribution < 1.29 is 14.3 Å². The molecular weight excluding hydrogens is 321 g/mol. The third-order valence-corrected chi connectivity index (χ3v) is 4.36. The molecule has 126 valence electrons. The first-order chi connectivity index (χ1) is 12.1. The number of anilines is 1. The molecule has 0 saturated carbocycles. The van der Waals surface area contributed by atoms with Crippen LogP contribution in [0.4, 0.5) is 10.2 Å². The van der Waals surface area contributed by atoms with E-state index in [1.54, 1.807) is 35.0 Å². The quantitative estimate of drug-likeness (QED) is 0.767. The highest BCUT2D eigenvalue weighted by Gasteiger charge is 2.23. The van der Waals surface area contributed by atoms with E-state index in [9.17, 15) is 14.3 Å². The van der Waals surface area contributed by atoms with Gasteiger partial charge in [-0.2, -0.15) is 5.10 Å². The Balaban J connectivity index is 1.74. The number of carboxylic acid groups (broad SMARTS) is 1. The molecule has 1 aromatic heterocycles. The van der Waals surface area contributed by atoms with E-state index >= 15 is 0 Å². The number of hydrogen-bond acceptors (Lipinski definition) is 3. The molecule has 25 heavy (non-hydrogen) atoms. The van der Waals surface area contributed by atoms with Crippen LogP contribution < -0.4 is 5.32 Å². The third-order valence-electron chi connectivity index (χ3n) is 4.36. The number of hydrogen-bond donors (Lipinski definition) is 2. The number of halogens is 1. The molecule has 0 radical (unpaired) electrons. The Morgan fingerprint density at radius 3 is 2.80 bits per heavy atom. The fourth-order valence-electron chi connectivity index (χ4n) is 3.14. The summed E-state index contributed by atoms with van der Waals surface area (Å²) in [5, 5.41) is 17.2. The Morgan fingerprint density at radius 1 is 1.24 bits per heavy atom. The fraction of sp³-hybridized carbons (Fsp3) is 0.158. The molecule has 0 aliphatic carbocycles. The molecule has 2 N–H and O–H groups in total. The lowest BCUT2D eigenvalue weighted by atomic mass is 10.1. The smallest absolute Gasteiger partial charge is 0.335 e. The van der Waals surface area contributed by atoms with Crippen molar-refractivity contribution in [2.75, 3.05) is 11.9 Å². The monoisotopic (exact) mass is 337 g/mol. The third kappa shape index (κ3) is 2.87. The summed E-state index contributed by atoms with van der Waals surface area (Å²) in [6.45, 7) is 0.822. The molecule has 0 atom stereocenters. The minimum absolute atomic E-state index is 0.222. The van der Waals surface area contributed by atoms with Crippen LogP contribution in [0.15, 0.2) is 48.5 Å². The van der Waals surface area contributed by atoms with Crippen LogP contribution in [0.1, 0.15) is 27.2 Å². The molecule has 1 aliphatic heterocycles. The molecule has 3 aromatic rings. The Hall–Kier alpha value is -3.15. The van der Waals surface area contributed by atoms with E-state index in [1.807, 2.05) is 6.07 Å². The number of nitrogens with zero attached hydrogens (tertiary/aromatic N) is 2. The summed E-state index contributed by atoms with van der Waals surface area (Å²) in [6.07, 6.45) is 1.47. The summed E-state index contributed by atoms with van der Waals surface area (Å²) in [4.78, 5) is 11.2. The minimum atomic E-state index is -0.967.